The molecule has 0 unspecified atom stereocenters. The lowest BCUT2D eigenvalue weighted by Gasteiger charge is -2.17. The molecule has 2 aromatic heterocycles. The molecule has 5 rings (SSSR count). The van der Waals surface area contributed by atoms with E-state index in [0.717, 1.165) is 45.9 Å². The van der Waals surface area contributed by atoms with Crippen molar-refractivity contribution in [3.63, 3.8) is 0 Å². The Hall–Kier alpha value is -3.13. The molecular formula is C23H24N6OS. The van der Waals surface area contributed by atoms with Crippen LogP contribution in [-0.2, 0) is 6.54 Å². The van der Waals surface area contributed by atoms with Gasteiger partial charge in [0.15, 0.2) is 10.8 Å². The Bertz CT molecular complexity index is 1240. The van der Waals surface area contributed by atoms with Crippen molar-refractivity contribution in [2.45, 2.75) is 24.5 Å². The summed E-state index contributed by atoms with van der Waals surface area (Å²) < 4.78 is 1.86. The average molecular weight is 433 g/mol. The van der Waals surface area contributed by atoms with E-state index in [9.17, 15) is 4.79 Å². The number of amides is 1. The van der Waals surface area contributed by atoms with Crippen molar-refractivity contribution in [2.75, 3.05) is 30.8 Å². The number of rotatable bonds is 6. The number of thioether (sulfide) groups is 1. The van der Waals surface area contributed by atoms with Crippen LogP contribution in [0.25, 0.3) is 21.8 Å². The van der Waals surface area contributed by atoms with Gasteiger partial charge in [-0.3, -0.25) is 4.79 Å². The predicted molar refractivity (Wildman–Crippen MR) is 125 cm³/mol. The third-order valence-corrected chi connectivity index (χ3v) is 6.23. The van der Waals surface area contributed by atoms with Gasteiger partial charge in [-0.25, -0.2) is 14.6 Å². The minimum absolute atomic E-state index is 0.0783. The molecule has 31 heavy (non-hydrogen) atoms. The highest BCUT2D eigenvalue weighted by atomic mass is 32.2. The summed E-state index contributed by atoms with van der Waals surface area (Å²) in [6.45, 7) is 3.05. The fourth-order valence-electron chi connectivity index (χ4n) is 4.14. The fraction of sp³-hybridized carbons (Fsp3) is 0.304. The number of nitrogens with one attached hydrogen (secondary N) is 1. The Morgan fingerprint density at radius 1 is 1.06 bits per heavy atom. The standard InChI is InChI=1S/C23H24N6OS/c1-31-23-26-20(28-12-4-5-13-28)19-15-25-29(21(19)27-23)14-11-24-22(30)18-10-6-8-16-7-2-3-9-17(16)18/h2-3,6-10,15H,4-5,11-14H2,1H3,(H,24,30). The predicted octanol–water partition coefficient (Wildman–Crippen LogP) is 3.73. The van der Waals surface area contributed by atoms with Crippen LogP contribution in [0.1, 0.15) is 23.2 Å². The van der Waals surface area contributed by atoms with Gasteiger partial charge in [0.2, 0.25) is 0 Å². The van der Waals surface area contributed by atoms with Crippen molar-refractivity contribution in [2.24, 2.45) is 0 Å². The van der Waals surface area contributed by atoms with Gasteiger partial charge in [0, 0.05) is 25.2 Å². The molecule has 1 N–H and O–H groups in total. The third kappa shape index (κ3) is 3.83. The van der Waals surface area contributed by atoms with Gasteiger partial charge in [-0.1, -0.05) is 48.2 Å². The summed E-state index contributed by atoms with van der Waals surface area (Å²) in [6, 6.07) is 13.7. The summed E-state index contributed by atoms with van der Waals surface area (Å²) in [6.07, 6.45) is 6.21. The van der Waals surface area contributed by atoms with E-state index in [4.69, 9.17) is 9.97 Å². The van der Waals surface area contributed by atoms with E-state index in [1.807, 2.05) is 59.6 Å². The maximum Gasteiger partial charge on any atom is 0.251 e. The van der Waals surface area contributed by atoms with Crippen LogP contribution < -0.4 is 10.2 Å². The maximum atomic E-state index is 12.8. The first-order valence-corrected chi connectivity index (χ1v) is 11.8. The molecule has 1 fully saturated rings. The van der Waals surface area contributed by atoms with Crippen LogP contribution >= 0.6 is 11.8 Å². The zero-order valence-electron chi connectivity index (χ0n) is 17.4. The normalized spacial score (nSPS) is 13.9. The molecule has 0 aliphatic carbocycles. The van der Waals surface area contributed by atoms with Crippen LogP contribution in [-0.4, -0.2) is 51.5 Å². The van der Waals surface area contributed by atoms with Crippen LogP contribution in [0.2, 0.25) is 0 Å². The molecule has 1 aliphatic heterocycles. The number of anilines is 1. The van der Waals surface area contributed by atoms with E-state index in [1.165, 1.54) is 24.6 Å². The van der Waals surface area contributed by atoms with Crippen molar-refractivity contribution >= 4 is 45.3 Å². The molecule has 1 aliphatic rings. The van der Waals surface area contributed by atoms with Crippen molar-refractivity contribution in [3.05, 3.63) is 54.2 Å². The van der Waals surface area contributed by atoms with Crippen molar-refractivity contribution in [3.8, 4) is 0 Å². The number of aromatic nitrogens is 4. The van der Waals surface area contributed by atoms with Crippen LogP contribution in [0.5, 0.6) is 0 Å². The summed E-state index contributed by atoms with van der Waals surface area (Å²) >= 11 is 1.54. The molecule has 2 aromatic carbocycles. The molecule has 1 saturated heterocycles. The SMILES string of the molecule is CSc1nc(N2CCCC2)c2cnn(CCNC(=O)c3cccc4ccccc34)c2n1. The number of hydrogen-bond acceptors (Lipinski definition) is 6. The van der Waals surface area contributed by atoms with E-state index in [1.54, 1.807) is 0 Å². The van der Waals surface area contributed by atoms with E-state index in [-0.39, 0.29) is 5.91 Å². The monoisotopic (exact) mass is 432 g/mol. The first-order valence-electron chi connectivity index (χ1n) is 10.5. The molecule has 158 valence electrons. The minimum atomic E-state index is -0.0783. The Balaban J connectivity index is 1.35. The zero-order chi connectivity index (χ0) is 21.2. The van der Waals surface area contributed by atoms with Crippen LogP contribution in [0, 0.1) is 0 Å². The molecule has 0 radical (unpaired) electrons. The molecule has 4 aromatic rings. The second-order valence-electron chi connectivity index (χ2n) is 7.62. The van der Waals surface area contributed by atoms with Crippen molar-refractivity contribution < 1.29 is 4.79 Å². The van der Waals surface area contributed by atoms with Crippen LogP contribution in [0.4, 0.5) is 5.82 Å². The van der Waals surface area contributed by atoms with E-state index in [0.29, 0.717) is 18.7 Å². The number of carbonyl (C=O) groups is 1. The smallest absolute Gasteiger partial charge is 0.251 e. The second kappa shape index (κ2) is 8.55. The summed E-state index contributed by atoms with van der Waals surface area (Å²) in [5, 5.41) is 11.3. The molecule has 3 heterocycles. The zero-order valence-corrected chi connectivity index (χ0v) is 18.2. The molecule has 0 spiro atoms. The van der Waals surface area contributed by atoms with Gasteiger partial charge in [-0.15, -0.1) is 0 Å². The highest BCUT2D eigenvalue weighted by Gasteiger charge is 2.20. The maximum absolute atomic E-state index is 12.8. The molecule has 7 nitrogen and oxygen atoms in total. The molecule has 0 bridgehead atoms. The summed E-state index contributed by atoms with van der Waals surface area (Å²) in [5.74, 6) is 0.892. The van der Waals surface area contributed by atoms with E-state index in [2.05, 4.69) is 15.3 Å². The highest BCUT2D eigenvalue weighted by Crippen LogP contribution is 2.28. The van der Waals surface area contributed by atoms with E-state index < -0.39 is 0 Å². The van der Waals surface area contributed by atoms with Crippen molar-refractivity contribution in [1.29, 1.82) is 0 Å². The number of fused-ring (bicyclic) bond motifs is 2. The lowest BCUT2D eigenvalue weighted by molar-refractivity contribution is 0.0953. The Kier molecular flexibility index (Phi) is 5.46. The topological polar surface area (TPSA) is 75.9 Å². The highest BCUT2D eigenvalue weighted by molar-refractivity contribution is 7.98. The number of benzene rings is 2. The Morgan fingerprint density at radius 2 is 1.87 bits per heavy atom. The first-order chi connectivity index (χ1) is 15.2. The molecular weight excluding hydrogens is 408 g/mol. The molecule has 0 atom stereocenters. The molecule has 8 heteroatoms. The van der Waals surface area contributed by atoms with E-state index >= 15 is 0 Å². The number of carbonyl (C=O) groups excluding carboxylic acids is 1. The average Bonchev–Trinajstić information content (AvgIpc) is 3.48. The van der Waals surface area contributed by atoms with Gasteiger partial charge in [-0.05, 0) is 35.9 Å². The first kappa shape index (κ1) is 19.8. The molecule has 0 saturated carbocycles. The summed E-state index contributed by atoms with van der Waals surface area (Å²) in [7, 11) is 0. The minimum Gasteiger partial charge on any atom is -0.356 e. The van der Waals surface area contributed by atoms with Gasteiger partial charge in [0.05, 0.1) is 18.1 Å². The lowest BCUT2D eigenvalue weighted by atomic mass is 10.0. The van der Waals surface area contributed by atoms with Gasteiger partial charge in [0.25, 0.3) is 5.91 Å². The summed E-state index contributed by atoms with van der Waals surface area (Å²) in [4.78, 5) is 24.6. The largest absolute Gasteiger partial charge is 0.356 e. The Labute approximate surface area is 184 Å². The van der Waals surface area contributed by atoms with Gasteiger partial charge < -0.3 is 10.2 Å². The third-order valence-electron chi connectivity index (χ3n) is 5.69. The number of nitrogens with zero attached hydrogens (tertiary/aromatic N) is 5. The number of hydrogen-bond donors (Lipinski definition) is 1. The van der Waals surface area contributed by atoms with Crippen LogP contribution in [0.3, 0.4) is 0 Å². The van der Waals surface area contributed by atoms with Gasteiger partial charge >= 0.3 is 0 Å². The van der Waals surface area contributed by atoms with Gasteiger partial charge in [-0.2, -0.15) is 5.10 Å². The second-order valence-corrected chi connectivity index (χ2v) is 8.39. The Morgan fingerprint density at radius 3 is 2.71 bits per heavy atom. The van der Waals surface area contributed by atoms with Crippen LogP contribution in [0.15, 0.2) is 53.8 Å². The van der Waals surface area contributed by atoms with Gasteiger partial charge in [0.1, 0.15) is 5.82 Å². The summed E-state index contributed by atoms with van der Waals surface area (Å²) in [5.41, 5.74) is 1.51. The molecule has 1 amide bonds. The lowest BCUT2D eigenvalue weighted by Crippen LogP contribution is -2.27. The van der Waals surface area contributed by atoms with Crippen molar-refractivity contribution in [1.82, 2.24) is 25.1 Å². The quantitative estimate of drug-likeness (QED) is 0.370. The fourth-order valence-corrected chi connectivity index (χ4v) is 4.50.